The third-order valence-electron chi connectivity index (χ3n) is 2.38. The van der Waals surface area contributed by atoms with Gasteiger partial charge in [0.1, 0.15) is 0 Å². The number of nitrogens with zero attached hydrogens (tertiary/aromatic N) is 1. The molecular formula is C13H22N2O3. The van der Waals surface area contributed by atoms with E-state index >= 15 is 0 Å². The van der Waals surface area contributed by atoms with Crippen molar-refractivity contribution < 1.29 is 14.7 Å². The Balaban J connectivity index is 4.05. The average Bonchev–Trinajstić information content (AvgIpc) is 2.28. The van der Waals surface area contributed by atoms with Gasteiger partial charge in [-0.2, -0.15) is 0 Å². The third-order valence-corrected chi connectivity index (χ3v) is 2.38. The van der Waals surface area contributed by atoms with Gasteiger partial charge in [0.2, 0.25) is 0 Å². The van der Waals surface area contributed by atoms with E-state index in [1.807, 2.05) is 6.92 Å². The van der Waals surface area contributed by atoms with Crippen molar-refractivity contribution in [1.29, 1.82) is 0 Å². The van der Waals surface area contributed by atoms with Crippen LogP contribution in [0.15, 0.2) is 25.3 Å². The van der Waals surface area contributed by atoms with Gasteiger partial charge in [-0.15, -0.1) is 13.2 Å². The summed E-state index contributed by atoms with van der Waals surface area (Å²) in [6, 6.07) is -0.230. The Morgan fingerprint density at radius 2 is 1.89 bits per heavy atom. The lowest BCUT2D eigenvalue weighted by molar-refractivity contribution is -0.137. The first-order chi connectivity index (χ1) is 8.51. The molecule has 0 fully saturated rings. The standard InChI is InChI=1S/C13H22N2O3/c1-4-9-15(10-5-2)13(18)14-11(3)7-6-8-12(16)17/h4-5,11H,1-2,6-10H2,3H3,(H,14,18)(H,16,17). The van der Waals surface area contributed by atoms with Crippen LogP contribution < -0.4 is 5.32 Å². The molecule has 18 heavy (non-hydrogen) atoms. The minimum absolute atomic E-state index is 0.0472. The summed E-state index contributed by atoms with van der Waals surface area (Å²) in [7, 11) is 0. The summed E-state index contributed by atoms with van der Waals surface area (Å²) >= 11 is 0. The molecule has 0 rings (SSSR count). The van der Waals surface area contributed by atoms with Crippen LogP contribution in [0.3, 0.4) is 0 Å². The smallest absolute Gasteiger partial charge is 0.318 e. The first-order valence-electron chi connectivity index (χ1n) is 6.00. The summed E-state index contributed by atoms with van der Waals surface area (Å²) < 4.78 is 0. The SMILES string of the molecule is C=CCN(CC=C)C(=O)NC(C)CCCC(=O)O. The van der Waals surface area contributed by atoms with Crippen molar-refractivity contribution in [2.75, 3.05) is 13.1 Å². The zero-order chi connectivity index (χ0) is 14.0. The zero-order valence-electron chi connectivity index (χ0n) is 10.9. The molecule has 0 aromatic heterocycles. The number of carbonyl (C=O) groups excluding carboxylic acids is 1. The van der Waals surface area contributed by atoms with Gasteiger partial charge in [0.25, 0.3) is 0 Å². The van der Waals surface area contributed by atoms with Crippen LogP contribution in [-0.2, 0) is 4.79 Å². The number of carboxylic acid groups (broad SMARTS) is 1. The highest BCUT2D eigenvalue weighted by atomic mass is 16.4. The molecule has 0 aromatic carbocycles. The lowest BCUT2D eigenvalue weighted by atomic mass is 10.1. The van der Waals surface area contributed by atoms with Crippen molar-refractivity contribution in [2.45, 2.75) is 32.2 Å². The third kappa shape index (κ3) is 7.49. The maximum atomic E-state index is 11.8. The van der Waals surface area contributed by atoms with Crippen LogP contribution in [-0.4, -0.2) is 41.1 Å². The van der Waals surface area contributed by atoms with Gasteiger partial charge in [-0.25, -0.2) is 4.79 Å². The molecule has 2 N–H and O–H groups in total. The normalized spacial score (nSPS) is 11.4. The highest BCUT2D eigenvalue weighted by Crippen LogP contribution is 2.02. The Hall–Kier alpha value is -1.78. The van der Waals surface area contributed by atoms with Crippen LogP contribution in [0.4, 0.5) is 4.79 Å². The summed E-state index contributed by atoms with van der Waals surface area (Å²) in [6.07, 6.45) is 4.63. The Labute approximate surface area is 108 Å². The van der Waals surface area contributed by atoms with Crippen LogP contribution >= 0.6 is 0 Å². The van der Waals surface area contributed by atoms with Crippen LogP contribution in [0, 0.1) is 0 Å². The van der Waals surface area contributed by atoms with Crippen LogP contribution in [0.5, 0.6) is 0 Å². The van der Waals surface area contributed by atoms with E-state index < -0.39 is 5.97 Å². The summed E-state index contributed by atoms with van der Waals surface area (Å²) in [5.74, 6) is -0.812. The molecule has 0 aromatic rings. The molecular weight excluding hydrogens is 232 g/mol. The number of nitrogens with one attached hydrogen (secondary N) is 1. The lowest BCUT2D eigenvalue weighted by Gasteiger charge is -2.22. The van der Waals surface area contributed by atoms with Gasteiger partial charge >= 0.3 is 12.0 Å². The Morgan fingerprint density at radius 3 is 2.33 bits per heavy atom. The molecule has 0 spiro atoms. The number of carboxylic acids is 1. The predicted octanol–water partition coefficient (Wildman–Crippen LogP) is 2.01. The van der Waals surface area contributed by atoms with E-state index in [2.05, 4.69) is 18.5 Å². The molecule has 102 valence electrons. The topological polar surface area (TPSA) is 69.6 Å². The summed E-state index contributed by atoms with van der Waals surface area (Å²) in [6.45, 7) is 9.96. The van der Waals surface area contributed by atoms with Crippen molar-refractivity contribution in [1.82, 2.24) is 10.2 Å². The quantitative estimate of drug-likeness (QED) is 0.618. The van der Waals surface area contributed by atoms with Gasteiger partial charge < -0.3 is 15.3 Å². The number of hydrogen-bond acceptors (Lipinski definition) is 2. The maximum Gasteiger partial charge on any atom is 0.318 e. The van der Waals surface area contributed by atoms with Gasteiger partial charge in [0.15, 0.2) is 0 Å². The van der Waals surface area contributed by atoms with Gasteiger partial charge in [-0.05, 0) is 19.8 Å². The van der Waals surface area contributed by atoms with Crippen LogP contribution in [0.25, 0.3) is 0 Å². The Morgan fingerprint density at radius 1 is 1.33 bits per heavy atom. The molecule has 0 aliphatic rings. The molecule has 0 saturated heterocycles. The molecule has 0 heterocycles. The van der Waals surface area contributed by atoms with Gasteiger partial charge in [-0.1, -0.05) is 12.2 Å². The second-order valence-electron chi connectivity index (χ2n) is 4.12. The fourth-order valence-electron chi connectivity index (χ4n) is 1.49. The zero-order valence-corrected chi connectivity index (χ0v) is 10.9. The van der Waals surface area contributed by atoms with Gasteiger partial charge in [0.05, 0.1) is 0 Å². The molecule has 0 aliphatic heterocycles. The largest absolute Gasteiger partial charge is 0.481 e. The minimum atomic E-state index is -0.812. The molecule has 1 unspecified atom stereocenters. The molecule has 1 atom stereocenters. The van der Waals surface area contributed by atoms with Crippen molar-refractivity contribution in [2.24, 2.45) is 0 Å². The number of urea groups is 1. The maximum absolute atomic E-state index is 11.8. The van der Waals surface area contributed by atoms with E-state index in [1.165, 1.54) is 0 Å². The van der Waals surface area contributed by atoms with E-state index in [4.69, 9.17) is 5.11 Å². The van der Waals surface area contributed by atoms with Crippen LogP contribution in [0.2, 0.25) is 0 Å². The molecule has 2 amide bonds. The highest BCUT2D eigenvalue weighted by molar-refractivity contribution is 5.74. The molecule has 0 aliphatic carbocycles. The summed E-state index contributed by atoms with van der Waals surface area (Å²) in [4.78, 5) is 23.8. The number of hydrogen-bond donors (Lipinski definition) is 2. The van der Waals surface area contributed by atoms with Crippen molar-refractivity contribution >= 4 is 12.0 Å². The fourth-order valence-corrected chi connectivity index (χ4v) is 1.49. The van der Waals surface area contributed by atoms with Crippen molar-refractivity contribution in [3.8, 4) is 0 Å². The summed E-state index contributed by atoms with van der Waals surface area (Å²) in [5, 5.41) is 11.3. The first-order valence-corrected chi connectivity index (χ1v) is 6.00. The monoisotopic (exact) mass is 254 g/mol. The minimum Gasteiger partial charge on any atom is -0.481 e. The Kier molecular flexibility index (Phi) is 8.35. The second kappa shape index (κ2) is 9.27. The fraction of sp³-hybridized carbons (Fsp3) is 0.538. The van der Waals surface area contributed by atoms with E-state index in [0.717, 1.165) is 0 Å². The van der Waals surface area contributed by atoms with E-state index in [9.17, 15) is 9.59 Å². The van der Waals surface area contributed by atoms with Crippen molar-refractivity contribution in [3.63, 3.8) is 0 Å². The molecule has 5 nitrogen and oxygen atoms in total. The predicted molar refractivity (Wildman–Crippen MR) is 71.4 cm³/mol. The van der Waals surface area contributed by atoms with Gasteiger partial charge in [0, 0.05) is 25.6 Å². The van der Waals surface area contributed by atoms with Crippen LogP contribution in [0.1, 0.15) is 26.2 Å². The van der Waals surface area contributed by atoms with E-state index in [-0.39, 0.29) is 18.5 Å². The summed E-state index contributed by atoms with van der Waals surface area (Å²) in [5.41, 5.74) is 0. The average molecular weight is 254 g/mol. The molecule has 5 heteroatoms. The number of carbonyl (C=O) groups is 2. The lowest BCUT2D eigenvalue weighted by Crippen LogP contribution is -2.44. The molecule has 0 saturated carbocycles. The number of aliphatic carboxylic acids is 1. The Bertz CT molecular complexity index is 293. The second-order valence-corrected chi connectivity index (χ2v) is 4.12. The van der Waals surface area contributed by atoms with Gasteiger partial charge in [-0.3, -0.25) is 4.79 Å². The first kappa shape index (κ1) is 16.2. The molecule has 0 radical (unpaired) electrons. The van der Waals surface area contributed by atoms with E-state index in [1.54, 1.807) is 17.1 Å². The highest BCUT2D eigenvalue weighted by Gasteiger charge is 2.13. The number of rotatable bonds is 9. The van der Waals surface area contributed by atoms with E-state index in [0.29, 0.717) is 25.9 Å². The number of amides is 2. The van der Waals surface area contributed by atoms with Crippen molar-refractivity contribution in [3.05, 3.63) is 25.3 Å². The molecule has 0 bridgehead atoms.